The number of hydrogen-bond donors (Lipinski definition) is 2. The molecule has 0 heterocycles. The Hall–Kier alpha value is -0.0800. The SMILES string of the molecule is CCNC1(CO)CCCC1. The Kier molecular flexibility index (Phi) is 2.69. The van der Waals surface area contributed by atoms with E-state index in [1.54, 1.807) is 0 Å². The molecule has 0 aromatic heterocycles. The largest absolute Gasteiger partial charge is 0.394 e. The molecule has 0 bridgehead atoms. The molecule has 0 unspecified atom stereocenters. The molecule has 1 aliphatic rings. The Labute approximate surface area is 62.6 Å². The van der Waals surface area contributed by atoms with Crippen LogP contribution in [0.25, 0.3) is 0 Å². The van der Waals surface area contributed by atoms with Gasteiger partial charge in [-0.05, 0) is 19.4 Å². The van der Waals surface area contributed by atoms with Crippen LogP contribution in [0.15, 0.2) is 0 Å². The maximum absolute atomic E-state index is 9.09. The number of likely N-dealkylation sites (N-methyl/N-ethyl adjacent to an activating group) is 1. The fraction of sp³-hybridized carbons (Fsp3) is 1.00. The average molecular weight is 143 g/mol. The molecule has 0 aliphatic heterocycles. The lowest BCUT2D eigenvalue weighted by molar-refractivity contribution is 0.166. The highest BCUT2D eigenvalue weighted by atomic mass is 16.3. The van der Waals surface area contributed by atoms with Crippen LogP contribution in [0.1, 0.15) is 32.6 Å². The number of aliphatic hydroxyl groups is 1. The van der Waals surface area contributed by atoms with Crippen LogP contribution in [-0.4, -0.2) is 23.8 Å². The van der Waals surface area contributed by atoms with E-state index in [1.165, 1.54) is 12.8 Å². The zero-order valence-electron chi connectivity index (χ0n) is 6.69. The summed E-state index contributed by atoms with van der Waals surface area (Å²) < 4.78 is 0. The number of nitrogens with one attached hydrogen (secondary N) is 1. The Balaban J connectivity index is 2.41. The predicted molar refractivity (Wildman–Crippen MR) is 42.0 cm³/mol. The average Bonchev–Trinajstić information content (AvgIpc) is 2.39. The minimum atomic E-state index is 0.0920. The fourth-order valence-corrected chi connectivity index (χ4v) is 1.82. The van der Waals surface area contributed by atoms with Crippen molar-refractivity contribution in [1.29, 1.82) is 0 Å². The second kappa shape index (κ2) is 3.35. The molecular weight excluding hydrogens is 126 g/mol. The lowest BCUT2D eigenvalue weighted by atomic mass is 9.99. The molecule has 0 amide bonds. The molecule has 0 aromatic rings. The third kappa shape index (κ3) is 1.50. The summed E-state index contributed by atoms with van der Waals surface area (Å²) in [7, 11) is 0. The van der Waals surface area contributed by atoms with Crippen molar-refractivity contribution in [3.05, 3.63) is 0 Å². The van der Waals surface area contributed by atoms with Crippen molar-refractivity contribution in [3.63, 3.8) is 0 Å². The lowest BCUT2D eigenvalue weighted by Crippen LogP contribution is -2.45. The first-order valence-corrected chi connectivity index (χ1v) is 4.19. The smallest absolute Gasteiger partial charge is 0.0613 e. The summed E-state index contributed by atoms with van der Waals surface area (Å²) in [5, 5.41) is 12.4. The summed E-state index contributed by atoms with van der Waals surface area (Å²) in [5.74, 6) is 0. The monoisotopic (exact) mass is 143 g/mol. The molecule has 2 nitrogen and oxygen atoms in total. The number of aliphatic hydroxyl groups excluding tert-OH is 1. The van der Waals surface area contributed by atoms with Crippen LogP contribution in [0.5, 0.6) is 0 Å². The third-order valence-corrected chi connectivity index (χ3v) is 2.42. The molecule has 0 aromatic carbocycles. The molecule has 0 saturated heterocycles. The molecule has 60 valence electrons. The summed E-state index contributed by atoms with van der Waals surface area (Å²) in [6.45, 7) is 3.37. The van der Waals surface area contributed by atoms with Crippen molar-refractivity contribution in [2.45, 2.75) is 38.1 Å². The van der Waals surface area contributed by atoms with Crippen LogP contribution in [0.3, 0.4) is 0 Å². The molecule has 1 fully saturated rings. The molecular formula is C8H17NO. The summed E-state index contributed by atoms with van der Waals surface area (Å²) in [4.78, 5) is 0. The molecule has 0 radical (unpaired) electrons. The standard InChI is InChI=1S/C8H17NO/c1-2-9-8(7-10)5-3-4-6-8/h9-10H,2-7H2,1H3. The minimum absolute atomic E-state index is 0.0920. The van der Waals surface area contributed by atoms with E-state index in [1.807, 2.05) is 0 Å². The normalized spacial score (nSPS) is 23.4. The van der Waals surface area contributed by atoms with Crippen molar-refractivity contribution in [1.82, 2.24) is 5.32 Å². The first-order valence-electron chi connectivity index (χ1n) is 4.19. The van der Waals surface area contributed by atoms with Crippen LogP contribution in [-0.2, 0) is 0 Å². The van der Waals surface area contributed by atoms with Gasteiger partial charge in [0, 0.05) is 5.54 Å². The van der Waals surface area contributed by atoms with Crippen molar-refractivity contribution in [3.8, 4) is 0 Å². The van der Waals surface area contributed by atoms with Crippen molar-refractivity contribution in [2.24, 2.45) is 0 Å². The molecule has 0 atom stereocenters. The van der Waals surface area contributed by atoms with E-state index in [2.05, 4.69) is 12.2 Å². The first-order chi connectivity index (χ1) is 4.83. The predicted octanol–water partition coefficient (Wildman–Crippen LogP) is 0.901. The van der Waals surface area contributed by atoms with E-state index in [0.29, 0.717) is 6.61 Å². The van der Waals surface area contributed by atoms with Crippen molar-refractivity contribution < 1.29 is 5.11 Å². The molecule has 0 spiro atoms. The highest BCUT2D eigenvalue weighted by molar-refractivity contribution is 4.91. The first kappa shape index (κ1) is 8.02. The highest BCUT2D eigenvalue weighted by Gasteiger charge is 2.31. The van der Waals surface area contributed by atoms with Crippen LogP contribution in [0.4, 0.5) is 0 Å². The molecule has 1 rings (SSSR count). The van der Waals surface area contributed by atoms with Crippen LogP contribution in [0.2, 0.25) is 0 Å². The summed E-state index contributed by atoms with van der Waals surface area (Å²) in [6.07, 6.45) is 4.84. The second-order valence-corrected chi connectivity index (χ2v) is 3.18. The van der Waals surface area contributed by atoms with Gasteiger partial charge in [-0.2, -0.15) is 0 Å². The molecule has 2 N–H and O–H groups in total. The van der Waals surface area contributed by atoms with Gasteiger partial charge in [-0.15, -0.1) is 0 Å². The van der Waals surface area contributed by atoms with Gasteiger partial charge in [0.15, 0.2) is 0 Å². The summed E-state index contributed by atoms with van der Waals surface area (Å²) in [5.41, 5.74) is 0.0920. The fourth-order valence-electron chi connectivity index (χ4n) is 1.82. The van der Waals surface area contributed by atoms with Crippen molar-refractivity contribution in [2.75, 3.05) is 13.2 Å². The van der Waals surface area contributed by atoms with Gasteiger partial charge in [0.25, 0.3) is 0 Å². The number of rotatable bonds is 3. The molecule has 1 saturated carbocycles. The Morgan fingerprint density at radius 3 is 2.40 bits per heavy atom. The lowest BCUT2D eigenvalue weighted by Gasteiger charge is -2.27. The summed E-state index contributed by atoms with van der Waals surface area (Å²) >= 11 is 0. The van der Waals surface area contributed by atoms with E-state index >= 15 is 0 Å². The maximum atomic E-state index is 9.09. The van der Waals surface area contributed by atoms with Gasteiger partial charge in [0.05, 0.1) is 6.61 Å². The van der Waals surface area contributed by atoms with Crippen molar-refractivity contribution >= 4 is 0 Å². The van der Waals surface area contributed by atoms with Crippen LogP contribution < -0.4 is 5.32 Å². The second-order valence-electron chi connectivity index (χ2n) is 3.18. The quantitative estimate of drug-likeness (QED) is 0.615. The minimum Gasteiger partial charge on any atom is -0.394 e. The molecule has 2 heteroatoms. The van der Waals surface area contributed by atoms with Gasteiger partial charge in [-0.25, -0.2) is 0 Å². The number of hydrogen-bond acceptors (Lipinski definition) is 2. The Morgan fingerprint density at radius 2 is 2.00 bits per heavy atom. The van der Waals surface area contributed by atoms with Crippen LogP contribution >= 0.6 is 0 Å². The third-order valence-electron chi connectivity index (χ3n) is 2.42. The van der Waals surface area contributed by atoms with Gasteiger partial charge >= 0.3 is 0 Å². The highest BCUT2D eigenvalue weighted by Crippen LogP contribution is 2.28. The Bertz CT molecular complexity index is 97.4. The zero-order chi connectivity index (χ0) is 7.45. The van der Waals surface area contributed by atoms with E-state index in [9.17, 15) is 0 Å². The maximum Gasteiger partial charge on any atom is 0.0613 e. The Morgan fingerprint density at radius 1 is 1.40 bits per heavy atom. The van der Waals surface area contributed by atoms with E-state index in [0.717, 1.165) is 19.4 Å². The van der Waals surface area contributed by atoms with Gasteiger partial charge in [0.2, 0.25) is 0 Å². The van der Waals surface area contributed by atoms with E-state index < -0.39 is 0 Å². The van der Waals surface area contributed by atoms with Gasteiger partial charge in [0.1, 0.15) is 0 Å². The summed E-state index contributed by atoms with van der Waals surface area (Å²) in [6, 6.07) is 0. The van der Waals surface area contributed by atoms with E-state index in [-0.39, 0.29) is 5.54 Å². The van der Waals surface area contributed by atoms with E-state index in [4.69, 9.17) is 5.11 Å². The van der Waals surface area contributed by atoms with Gasteiger partial charge < -0.3 is 10.4 Å². The van der Waals surface area contributed by atoms with Gasteiger partial charge in [-0.1, -0.05) is 19.8 Å². The zero-order valence-corrected chi connectivity index (χ0v) is 6.69. The molecule has 1 aliphatic carbocycles. The molecule has 10 heavy (non-hydrogen) atoms. The topological polar surface area (TPSA) is 32.3 Å². The van der Waals surface area contributed by atoms with Crippen LogP contribution in [0, 0.1) is 0 Å². The van der Waals surface area contributed by atoms with Gasteiger partial charge in [-0.3, -0.25) is 0 Å².